The van der Waals surface area contributed by atoms with Crippen LogP contribution in [0.15, 0.2) is 12.2 Å². The van der Waals surface area contributed by atoms with Crippen molar-refractivity contribution in [1.29, 1.82) is 0 Å². The Morgan fingerprint density at radius 1 is 0.955 bits per heavy atom. The first-order valence-electron chi connectivity index (χ1n) is 5.54. The number of ether oxygens (including phenoxy) is 1. The minimum Gasteiger partial charge on any atom is -0.462 e. The number of esters is 1. The van der Waals surface area contributed by atoms with Crippen molar-refractivity contribution in [2.75, 3.05) is 13.3 Å². The minimum atomic E-state index is -6.64. The third kappa shape index (κ3) is 3.67. The van der Waals surface area contributed by atoms with Crippen LogP contribution < -0.4 is 0 Å². The molecule has 0 aliphatic carbocycles. The van der Waals surface area contributed by atoms with Gasteiger partial charge in [0.25, 0.3) is 0 Å². The normalized spacial score (nSPS) is 13.9. The molecule has 0 saturated carbocycles. The Bertz CT molecular complexity index is 431. The van der Waals surface area contributed by atoms with Crippen molar-refractivity contribution in [3.05, 3.63) is 12.2 Å². The fraction of sp³-hybridized carbons (Fsp3) is 0.727. The van der Waals surface area contributed by atoms with Crippen LogP contribution in [0.2, 0.25) is 0 Å². The summed E-state index contributed by atoms with van der Waals surface area (Å²) in [5.41, 5.74) is -0.288. The van der Waals surface area contributed by atoms with E-state index in [1.807, 2.05) is 0 Å². The van der Waals surface area contributed by atoms with E-state index in [4.69, 9.17) is 0 Å². The maximum atomic E-state index is 13.1. The van der Waals surface area contributed by atoms with E-state index in [0.717, 1.165) is 6.92 Å². The molecule has 22 heavy (non-hydrogen) atoms. The molecule has 0 fully saturated rings. The van der Waals surface area contributed by atoms with Gasteiger partial charge in [0, 0.05) is 5.57 Å². The Morgan fingerprint density at radius 2 is 1.36 bits per heavy atom. The molecule has 0 unspecified atom stereocenters. The van der Waals surface area contributed by atoms with E-state index >= 15 is 0 Å². The molecule has 0 aliphatic rings. The predicted molar refractivity (Wildman–Crippen MR) is 56.2 cm³/mol. The summed E-state index contributed by atoms with van der Waals surface area (Å²) in [6.07, 6.45) is -2.17. The molecule has 130 valence electrons. The lowest BCUT2D eigenvalue weighted by atomic mass is 9.97. The van der Waals surface area contributed by atoms with E-state index < -0.39 is 49.4 Å². The van der Waals surface area contributed by atoms with Gasteiger partial charge in [-0.1, -0.05) is 6.58 Å². The third-order valence-corrected chi connectivity index (χ3v) is 2.48. The van der Waals surface area contributed by atoms with Gasteiger partial charge in [0.05, 0.1) is 13.0 Å². The fourth-order valence-electron chi connectivity index (χ4n) is 1.10. The third-order valence-electron chi connectivity index (χ3n) is 2.48. The van der Waals surface area contributed by atoms with Gasteiger partial charge in [-0.25, -0.2) is 9.18 Å². The zero-order valence-electron chi connectivity index (χ0n) is 11.0. The molecular formula is C11H11F9O2. The summed E-state index contributed by atoms with van der Waals surface area (Å²) in [5.74, 6) is -26.1. The average molecular weight is 346 g/mol. The number of hydrogen-bond acceptors (Lipinski definition) is 2. The SMILES string of the molecule is C=C(C)C(=O)OCCC(F)(F)C(F)(F)C(F)(F)C(F)(F)CF. The molecule has 0 aromatic heterocycles. The summed E-state index contributed by atoms with van der Waals surface area (Å²) < 4.78 is 119. The first kappa shape index (κ1) is 20.6. The van der Waals surface area contributed by atoms with Gasteiger partial charge < -0.3 is 4.74 Å². The summed E-state index contributed by atoms with van der Waals surface area (Å²) in [5, 5.41) is 0. The van der Waals surface area contributed by atoms with Crippen LogP contribution in [0, 0.1) is 0 Å². The topological polar surface area (TPSA) is 26.3 Å². The summed E-state index contributed by atoms with van der Waals surface area (Å²) in [7, 11) is 0. The van der Waals surface area contributed by atoms with Crippen LogP contribution in [0.1, 0.15) is 13.3 Å². The van der Waals surface area contributed by atoms with Gasteiger partial charge in [-0.3, -0.25) is 0 Å². The van der Waals surface area contributed by atoms with Gasteiger partial charge in [0.15, 0.2) is 6.67 Å². The highest BCUT2D eigenvalue weighted by molar-refractivity contribution is 5.86. The van der Waals surface area contributed by atoms with Crippen molar-refractivity contribution in [2.45, 2.75) is 37.0 Å². The van der Waals surface area contributed by atoms with Crippen molar-refractivity contribution in [3.63, 3.8) is 0 Å². The average Bonchev–Trinajstić information content (AvgIpc) is 2.37. The van der Waals surface area contributed by atoms with Gasteiger partial charge in [0.1, 0.15) is 0 Å². The Balaban J connectivity index is 5.16. The lowest BCUT2D eigenvalue weighted by Gasteiger charge is -2.35. The molecule has 0 atom stereocenters. The highest BCUT2D eigenvalue weighted by atomic mass is 19.4. The second-order valence-corrected chi connectivity index (χ2v) is 4.36. The molecule has 0 bridgehead atoms. The number of hydrogen-bond donors (Lipinski definition) is 0. The summed E-state index contributed by atoms with van der Waals surface area (Å²) in [4.78, 5) is 10.8. The largest absolute Gasteiger partial charge is 0.462 e. The minimum absolute atomic E-state index is 0.288. The Labute approximate surface area is 118 Å². The van der Waals surface area contributed by atoms with Gasteiger partial charge in [-0.05, 0) is 6.92 Å². The highest BCUT2D eigenvalue weighted by Gasteiger charge is 2.80. The van der Waals surface area contributed by atoms with Gasteiger partial charge in [-0.2, -0.15) is 35.1 Å². The number of alkyl halides is 9. The molecule has 0 aromatic carbocycles. The standard InChI is InChI=1S/C11H11F9O2/c1-6(2)7(21)22-4-3-8(13,14)10(17,18)11(19,20)9(15,16)5-12/h1,3-5H2,2H3. The first-order valence-corrected chi connectivity index (χ1v) is 5.54. The second kappa shape index (κ2) is 6.37. The molecule has 0 amide bonds. The van der Waals surface area contributed by atoms with Crippen molar-refractivity contribution in [3.8, 4) is 0 Å². The first-order chi connectivity index (χ1) is 9.64. The zero-order chi connectivity index (χ0) is 18.0. The highest BCUT2D eigenvalue weighted by Crippen LogP contribution is 2.53. The van der Waals surface area contributed by atoms with E-state index in [9.17, 15) is 44.3 Å². The molecule has 0 saturated heterocycles. The smallest absolute Gasteiger partial charge is 0.380 e. The number of carbonyl (C=O) groups excluding carboxylic acids is 1. The Morgan fingerprint density at radius 3 is 1.73 bits per heavy atom. The van der Waals surface area contributed by atoms with E-state index in [2.05, 4.69) is 11.3 Å². The molecule has 0 rings (SSSR count). The number of carbonyl (C=O) groups is 1. The number of halogens is 9. The van der Waals surface area contributed by atoms with E-state index in [0.29, 0.717) is 0 Å². The van der Waals surface area contributed by atoms with E-state index in [-0.39, 0.29) is 5.57 Å². The molecule has 0 spiro atoms. The molecule has 11 heteroatoms. The maximum Gasteiger partial charge on any atom is 0.380 e. The molecule has 0 aliphatic heterocycles. The van der Waals surface area contributed by atoms with Crippen LogP contribution in [0.5, 0.6) is 0 Å². The van der Waals surface area contributed by atoms with Gasteiger partial charge in [-0.15, -0.1) is 0 Å². The summed E-state index contributed by atoms with van der Waals surface area (Å²) >= 11 is 0. The Kier molecular flexibility index (Phi) is 5.96. The molecule has 0 aromatic rings. The lowest BCUT2D eigenvalue weighted by molar-refractivity contribution is -0.369. The molecule has 0 heterocycles. The van der Waals surface area contributed by atoms with E-state index in [1.165, 1.54) is 0 Å². The zero-order valence-corrected chi connectivity index (χ0v) is 11.0. The van der Waals surface area contributed by atoms with Crippen LogP contribution in [0.25, 0.3) is 0 Å². The summed E-state index contributed by atoms with van der Waals surface area (Å²) in [6, 6.07) is 0. The van der Waals surface area contributed by atoms with Crippen LogP contribution >= 0.6 is 0 Å². The number of rotatable bonds is 8. The lowest BCUT2D eigenvalue weighted by Crippen LogP contribution is -2.63. The van der Waals surface area contributed by atoms with Crippen LogP contribution in [0.3, 0.4) is 0 Å². The quantitative estimate of drug-likeness (QED) is 0.377. The van der Waals surface area contributed by atoms with Crippen molar-refractivity contribution >= 4 is 5.97 Å². The van der Waals surface area contributed by atoms with Crippen molar-refractivity contribution in [1.82, 2.24) is 0 Å². The monoisotopic (exact) mass is 346 g/mol. The second-order valence-electron chi connectivity index (χ2n) is 4.36. The van der Waals surface area contributed by atoms with Crippen molar-refractivity contribution < 1.29 is 49.0 Å². The van der Waals surface area contributed by atoms with Gasteiger partial charge in [0.2, 0.25) is 0 Å². The molecule has 0 radical (unpaired) electrons. The maximum absolute atomic E-state index is 13.1. The van der Waals surface area contributed by atoms with E-state index in [1.54, 1.807) is 0 Å². The van der Waals surface area contributed by atoms with Crippen molar-refractivity contribution in [2.24, 2.45) is 0 Å². The molecule has 2 nitrogen and oxygen atoms in total. The predicted octanol–water partition coefficient (Wildman–Crippen LogP) is 4.01. The fourth-order valence-corrected chi connectivity index (χ4v) is 1.10. The van der Waals surface area contributed by atoms with Crippen LogP contribution in [-0.4, -0.2) is 42.9 Å². The molecular weight excluding hydrogens is 335 g/mol. The summed E-state index contributed by atoms with van der Waals surface area (Å²) in [6.45, 7) is -0.588. The Hall–Kier alpha value is -1.42. The van der Waals surface area contributed by atoms with Crippen LogP contribution in [-0.2, 0) is 9.53 Å². The van der Waals surface area contributed by atoms with Gasteiger partial charge >= 0.3 is 29.7 Å². The van der Waals surface area contributed by atoms with Crippen LogP contribution in [0.4, 0.5) is 39.5 Å². The molecule has 0 N–H and O–H groups in total.